The van der Waals surface area contributed by atoms with E-state index >= 15 is 0 Å². The van der Waals surface area contributed by atoms with Gasteiger partial charge in [-0.2, -0.15) is 0 Å². The van der Waals surface area contributed by atoms with Crippen LogP contribution in [0, 0.1) is 0 Å². The van der Waals surface area contributed by atoms with Gasteiger partial charge in [0.25, 0.3) is 0 Å². The van der Waals surface area contributed by atoms with Crippen LogP contribution >= 0.6 is 0 Å². The summed E-state index contributed by atoms with van der Waals surface area (Å²) >= 11 is 0. The first-order chi connectivity index (χ1) is 9.99. The largest absolute Gasteiger partial charge is 0.497 e. The number of nitrogens with zero attached hydrogens (tertiary/aromatic N) is 2. The Bertz CT molecular complexity index is 547. The highest BCUT2D eigenvalue weighted by Crippen LogP contribution is 2.23. The second-order valence-corrected chi connectivity index (χ2v) is 5.03. The van der Waals surface area contributed by atoms with E-state index in [1.165, 1.54) is 0 Å². The van der Waals surface area contributed by atoms with Crippen molar-refractivity contribution in [3.05, 3.63) is 18.2 Å². The molecule has 3 N–H and O–H groups in total. The summed E-state index contributed by atoms with van der Waals surface area (Å²) in [4.78, 5) is 27.1. The number of nitrogens with two attached hydrogens (primary N) is 1. The number of rotatable bonds is 4. The van der Waals surface area contributed by atoms with Crippen molar-refractivity contribution in [2.24, 2.45) is 0 Å². The van der Waals surface area contributed by atoms with Gasteiger partial charge in [-0.15, -0.1) is 0 Å². The Kier molecular flexibility index (Phi) is 4.64. The number of nitrogen functional groups attached to an aromatic ring is 1. The molecule has 1 aliphatic rings. The van der Waals surface area contributed by atoms with Crippen molar-refractivity contribution in [3.63, 3.8) is 0 Å². The first-order valence-electron chi connectivity index (χ1n) is 6.69. The molecule has 1 aliphatic heterocycles. The molecule has 0 aliphatic carbocycles. The number of amides is 2. The van der Waals surface area contributed by atoms with Crippen LogP contribution in [0.1, 0.15) is 0 Å². The third kappa shape index (κ3) is 3.85. The molecule has 7 nitrogen and oxygen atoms in total. The highest BCUT2D eigenvalue weighted by molar-refractivity contribution is 5.95. The fourth-order valence-electron chi connectivity index (χ4n) is 2.12. The van der Waals surface area contributed by atoms with Crippen LogP contribution in [0.25, 0.3) is 0 Å². The van der Waals surface area contributed by atoms with Gasteiger partial charge in [0.15, 0.2) is 0 Å². The molecule has 0 aromatic heterocycles. The zero-order valence-electron chi connectivity index (χ0n) is 12.3. The maximum atomic E-state index is 12.0. The van der Waals surface area contributed by atoms with Crippen molar-refractivity contribution in [1.82, 2.24) is 9.80 Å². The van der Waals surface area contributed by atoms with Gasteiger partial charge in [-0.1, -0.05) is 0 Å². The second kappa shape index (κ2) is 6.45. The number of hydrogen-bond acceptors (Lipinski definition) is 5. The Balaban J connectivity index is 1.91. The van der Waals surface area contributed by atoms with E-state index < -0.39 is 0 Å². The van der Waals surface area contributed by atoms with E-state index in [9.17, 15) is 9.59 Å². The third-order valence-corrected chi connectivity index (χ3v) is 3.44. The van der Waals surface area contributed by atoms with Crippen LogP contribution in [-0.2, 0) is 9.59 Å². The summed E-state index contributed by atoms with van der Waals surface area (Å²) in [6.45, 7) is 1.76. The minimum Gasteiger partial charge on any atom is -0.497 e. The molecule has 114 valence electrons. The third-order valence-electron chi connectivity index (χ3n) is 3.44. The number of carbonyl (C=O) groups excluding carboxylic acids is 2. The molecule has 2 rings (SSSR count). The monoisotopic (exact) mass is 292 g/mol. The van der Waals surface area contributed by atoms with Gasteiger partial charge >= 0.3 is 0 Å². The highest BCUT2D eigenvalue weighted by atomic mass is 16.5. The first-order valence-corrected chi connectivity index (χ1v) is 6.69. The molecule has 0 saturated carbocycles. The molecule has 7 heteroatoms. The molecule has 0 bridgehead atoms. The zero-order valence-corrected chi connectivity index (χ0v) is 12.3. The molecular weight excluding hydrogens is 272 g/mol. The lowest BCUT2D eigenvalue weighted by molar-refractivity contribution is -0.135. The average molecular weight is 292 g/mol. The number of piperazine rings is 1. The summed E-state index contributed by atoms with van der Waals surface area (Å²) in [5.74, 6) is 0.470. The van der Waals surface area contributed by atoms with Crippen molar-refractivity contribution >= 4 is 23.2 Å². The number of carbonyl (C=O) groups is 2. The van der Waals surface area contributed by atoms with Crippen molar-refractivity contribution in [3.8, 4) is 5.75 Å². The predicted molar refractivity (Wildman–Crippen MR) is 80.1 cm³/mol. The van der Waals surface area contributed by atoms with E-state index in [1.54, 1.807) is 37.3 Å². The standard InChI is InChI=1S/C14H20N4O3/c1-17-5-6-18(9-14(17)20)8-13(19)16-12-4-3-10(21-2)7-11(12)15/h3-4,7H,5-6,8-9,15H2,1-2H3,(H,16,19). The van der Waals surface area contributed by atoms with Gasteiger partial charge in [0.05, 0.1) is 31.6 Å². The zero-order chi connectivity index (χ0) is 15.4. The van der Waals surface area contributed by atoms with Crippen molar-refractivity contribution in [2.45, 2.75) is 0 Å². The van der Waals surface area contributed by atoms with Crippen LogP contribution in [0.5, 0.6) is 5.75 Å². The van der Waals surface area contributed by atoms with Crippen LogP contribution in [0.15, 0.2) is 18.2 Å². The summed E-state index contributed by atoms with van der Waals surface area (Å²) in [5, 5.41) is 2.75. The van der Waals surface area contributed by atoms with Gasteiger partial charge in [-0.25, -0.2) is 0 Å². The summed E-state index contributed by atoms with van der Waals surface area (Å²) < 4.78 is 5.06. The summed E-state index contributed by atoms with van der Waals surface area (Å²) in [6.07, 6.45) is 0. The highest BCUT2D eigenvalue weighted by Gasteiger charge is 2.22. The van der Waals surface area contributed by atoms with Gasteiger partial charge in [0, 0.05) is 26.2 Å². The maximum Gasteiger partial charge on any atom is 0.238 e. The number of benzene rings is 1. The lowest BCUT2D eigenvalue weighted by Crippen LogP contribution is -2.50. The predicted octanol–water partition coefficient (Wildman–Crippen LogP) is -0.0101. The van der Waals surface area contributed by atoms with E-state index in [1.807, 2.05) is 4.90 Å². The van der Waals surface area contributed by atoms with Gasteiger partial charge in [0.1, 0.15) is 5.75 Å². The Labute approximate surface area is 123 Å². The molecule has 0 spiro atoms. The molecule has 1 aromatic rings. The van der Waals surface area contributed by atoms with Crippen LogP contribution in [0.4, 0.5) is 11.4 Å². The topological polar surface area (TPSA) is 87.9 Å². The molecule has 21 heavy (non-hydrogen) atoms. The van der Waals surface area contributed by atoms with Crippen molar-refractivity contribution in [1.29, 1.82) is 0 Å². The molecule has 1 heterocycles. The fourth-order valence-corrected chi connectivity index (χ4v) is 2.12. The molecule has 1 saturated heterocycles. The van der Waals surface area contributed by atoms with Gasteiger partial charge in [0.2, 0.25) is 11.8 Å². The summed E-state index contributed by atoms with van der Waals surface area (Å²) in [7, 11) is 3.31. The molecule has 2 amide bonds. The maximum absolute atomic E-state index is 12.0. The molecule has 1 aromatic carbocycles. The second-order valence-electron chi connectivity index (χ2n) is 5.03. The molecule has 0 radical (unpaired) electrons. The average Bonchev–Trinajstić information content (AvgIpc) is 2.45. The lowest BCUT2D eigenvalue weighted by Gasteiger charge is -2.31. The Morgan fingerprint density at radius 1 is 1.43 bits per heavy atom. The van der Waals surface area contributed by atoms with Crippen molar-refractivity contribution in [2.75, 3.05) is 51.4 Å². The number of hydrogen-bond donors (Lipinski definition) is 2. The van der Waals surface area contributed by atoms with E-state index in [0.29, 0.717) is 30.2 Å². The minimum absolute atomic E-state index is 0.0259. The summed E-state index contributed by atoms with van der Waals surface area (Å²) in [5.41, 5.74) is 6.83. The number of methoxy groups -OCH3 is 1. The van der Waals surface area contributed by atoms with E-state index in [2.05, 4.69) is 5.32 Å². The van der Waals surface area contributed by atoms with Crippen LogP contribution in [-0.4, -0.2) is 62.0 Å². The number of anilines is 2. The lowest BCUT2D eigenvalue weighted by atomic mass is 10.2. The van der Waals surface area contributed by atoms with Gasteiger partial charge < -0.3 is 20.7 Å². The van der Waals surface area contributed by atoms with Crippen LogP contribution in [0.2, 0.25) is 0 Å². The van der Waals surface area contributed by atoms with Crippen LogP contribution < -0.4 is 15.8 Å². The number of likely N-dealkylation sites (N-methyl/N-ethyl adjacent to an activating group) is 1. The van der Waals surface area contributed by atoms with Gasteiger partial charge in [-0.3, -0.25) is 14.5 Å². The quantitative estimate of drug-likeness (QED) is 0.762. The SMILES string of the molecule is COc1ccc(NC(=O)CN2CCN(C)C(=O)C2)c(N)c1. The number of ether oxygens (including phenoxy) is 1. The Morgan fingerprint density at radius 3 is 2.81 bits per heavy atom. The minimum atomic E-state index is -0.191. The molecule has 1 fully saturated rings. The summed E-state index contributed by atoms with van der Waals surface area (Å²) in [6, 6.07) is 5.07. The number of nitrogens with one attached hydrogen (secondary N) is 1. The van der Waals surface area contributed by atoms with Gasteiger partial charge in [-0.05, 0) is 12.1 Å². The van der Waals surface area contributed by atoms with Crippen molar-refractivity contribution < 1.29 is 14.3 Å². The normalized spacial score (nSPS) is 15.9. The van der Waals surface area contributed by atoms with E-state index in [-0.39, 0.29) is 24.9 Å². The van der Waals surface area contributed by atoms with E-state index in [4.69, 9.17) is 10.5 Å². The molecule has 0 unspecified atom stereocenters. The van der Waals surface area contributed by atoms with Crippen LogP contribution in [0.3, 0.4) is 0 Å². The molecular formula is C14H20N4O3. The Hall–Kier alpha value is -2.28. The molecule has 0 atom stereocenters. The Morgan fingerprint density at radius 2 is 2.19 bits per heavy atom. The smallest absolute Gasteiger partial charge is 0.238 e. The first kappa shape index (κ1) is 15.1. The van der Waals surface area contributed by atoms with E-state index in [0.717, 1.165) is 0 Å². The fraction of sp³-hybridized carbons (Fsp3) is 0.429.